The summed E-state index contributed by atoms with van der Waals surface area (Å²) < 4.78 is 30.3. The molecule has 0 radical (unpaired) electrons. The highest BCUT2D eigenvalue weighted by Gasteiger charge is 2.14. The fourth-order valence-electron chi connectivity index (χ4n) is 3.10. The second-order valence-electron chi connectivity index (χ2n) is 6.26. The zero-order valence-electron chi connectivity index (χ0n) is 14.3. The largest absolute Gasteiger partial charge is 0.357 e. The Hall–Kier alpha value is -3.22. The number of halogens is 2. The van der Waals surface area contributed by atoms with Crippen LogP contribution in [0.1, 0.15) is 11.4 Å². The van der Waals surface area contributed by atoms with Crippen LogP contribution in [0.4, 0.5) is 8.78 Å². The topological polar surface area (TPSA) is 55.6 Å². The van der Waals surface area contributed by atoms with Gasteiger partial charge in [-0.1, -0.05) is 6.07 Å². The van der Waals surface area contributed by atoms with Crippen LogP contribution in [-0.4, -0.2) is 19.1 Å². The molecular weight excluding hydrogens is 338 g/mol. The van der Waals surface area contributed by atoms with Gasteiger partial charge in [0.1, 0.15) is 23.0 Å². The molecule has 0 fully saturated rings. The number of nitrogens with one attached hydrogen (secondary N) is 1. The average Bonchev–Trinajstić information content (AvgIpc) is 3.21. The Morgan fingerprint density at radius 1 is 1.19 bits per heavy atom. The van der Waals surface area contributed by atoms with Gasteiger partial charge in [-0.3, -0.25) is 4.79 Å². The predicted octanol–water partition coefficient (Wildman–Crippen LogP) is 3.37. The summed E-state index contributed by atoms with van der Waals surface area (Å²) in [6.45, 7) is 2.06. The Morgan fingerprint density at radius 3 is 2.77 bits per heavy atom. The molecule has 0 saturated carbocycles. The number of imidazole rings is 1. The van der Waals surface area contributed by atoms with E-state index in [1.54, 1.807) is 24.0 Å². The number of benzene rings is 1. The highest BCUT2D eigenvalue weighted by molar-refractivity contribution is 5.93. The van der Waals surface area contributed by atoms with Crippen LogP contribution >= 0.6 is 0 Å². The third kappa shape index (κ3) is 2.61. The molecule has 3 heterocycles. The number of rotatable bonds is 3. The minimum absolute atomic E-state index is 0.113. The van der Waals surface area contributed by atoms with Crippen molar-refractivity contribution in [2.75, 3.05) is 0 Å². The van der Waals surface area contributed by atoms with E-state index in [1.807, 2.05) is 19.2 Å². The Kier molecular flexibility index (Phi) is 3.72. The summed E-state index contributed by atoms with van der Waals surface area (Å²) in [5.41, 5.74) is 2.28. The van der Waals surface area contributed by atoms with Gasteiger partial charge in [-0.25, -0.2) is 13.8 Å². The molecule has 1 aromatic carbocycles. The van der Waals surface area contributed by atoms with Crippen LogP contribution in [0, 0.1) is 18.6 Å². The Balaban J connectivity index is 1.79. The zero-order valence-corrected chi connectivity index (χ0v) is 14.3. The number of pyridine rings is 1. The van der Waals surface area contributed by atoms with E-state index in [1.165, 1.54) is 16.7 Å². The number of fused-ring (bicyclic) bond motifs is 1. The van der Waals surface area contributed by atoms with Gasteiger partial charge in [0.05, 0.1) is 12.2 Å². The second-order valence-corrected chi connectivity index (χ2v) is 6.26. The number of nitrogens with zero attached hydrogens (tertiary/aromatic N) is 3. The molecule has 0 atom stereocenters. The minimum atomic E-state index is -0.602. The molecule has 5 nitrogen and oxygen atoms in total. The number of aromatic amines is 1. The lowest BCUT2D eigenvalue weighted by Crippen LogP contribution is -2.16. The summed E-state index contributed by atoms with van der Waals surface area (Å²) >= 11 is 0. The lowest BCUT2D eigenvalue weighted by molar-refractivity contribution is 0.565. The highest BCUT2D eigenvalue weighted by Crippen LogP contribution is 2.26. The van der Waals surface area contributed by atoms with Crippen molar-refractivity contribution in [2.45, 2.75) is 13.5 Å². The molecular formula is C19H16F2N4O. The number of H-pyrrole nitrogens is 1. The predicted molar refractivity (Wildman–Crippen MR) is 95.0 cm³/mol. The van der Waals surface area contributed by atoms with Crippen molar-refractivity contribution in [1.29, 1.82) is 0 Å². The Morgan fingerprint density at radius 2 is 2.00 bits per heavy atom. The van der Waals surface area contributed by atoms with Gasteiger partial charge in [-0.15, -0.1) is 0 Å². The van der Waals surface area contributed by atoms with E-state index in [0.717, 1.165) is 17.0 Å². The van der Waals surface area contributed by atoms with Gasteiger partial charge in [0.15, 0.2) is 0 Å². The van der Waals surface area contributed by atoms with Crippen LogP contribution in [-0.2, 0) is 13.6 Å². The van der Waals surface area contributed by atoms with E-state index in [2.05, 4.69) is 9.97 Å². The summed E-state index contributed by atoms with van der Waals surface area (Å²) in [5, 5.41) is 0.783. The molecule has 0 saturated heterocycles. The monoisotopic (exact) mass is 354 g/mol. The molecule has 0 unspecified atom stereocenters. The van der Waals surface area contributed by atoms with Gasteiger partial charge < -0.3 is 14.1 Å². The number of aromatic nitrogens is 4. The van der Waals surface area contributed by atoms with E-state index in [9.17, 15) is 13.6 Å². The third-order valence-electron chi connectivity index (χ3n) is 4.50. The molecule has 0 aliphatic heterocycles. The van der Waals surface area contributed by atoms with Gasteiger partial charge in [0.2, 0.25) is 0 Å². The molecule has 3 aromatic heterocycles. The Bertz CT molecular complexity index is 1190. The smallest absolute Gasteiger partial charge is 0.274 e. The van der Waals surface area contributed by atoms with Gasteiger partial charge in [0.25, 0.3) is 5.56 Å². The Labute approximate surface area is 147 Å². The maximum absolute atomic E-state index is 13.9. The van der Waals surface area contributed by atoms with E-state index < -0.39 is 11.6 Å². The molecule has 0 spiro atoms. The molecule has 7 heteroatoms. The second kappa shape index (κ2) is 5.94. The summed E-state index contributed by atoms with van der Waals surface area (Å²) in [5.74, 6) is -0.495. The normalized spacial score (nSPS) is 11.4. The van der Waals surface area contributed by atoms with Crippen molar-refractivity contribution >= 4 is 10.9 Å². The first-order chi connectivity index (χ1) is 12.4. The van der Waals surface area contributed by atoms with Gasteiger partial charge in [-0.05, 0) is 19.1 Å². The maximum Gasteiger partial charge on any atom is 0.274 e. The number of hydrogen-bond acceptors (Lipinski definition) is 2. The number of aryl methyl sites for hydroxylation is 2. The fourth-order valence-corrected chi connectivity index (χ4v) is 3.10. The van der Waals surface area contributed by atoms with Crippen LogP contribution in [0.15, 0.2) is 47.7 Å². The molecule has 0 aliphatic rings. The summed E-state index contributed by atoms with van der Waals surface area (Å²) in [6.07, 6.45) is 5.26. The molecule has 0 aliphatic carbocycles. The molecule has 26 heavy (non-hydrogen) atoms. The summed E-state index contributed by atoms with van der Waals surface area (Å²) in [6, 6.07) is 5.38. The highest BCUT2D eigenvalue weighted by atomic mass is 19.1. The van der Waals surface area contributed by atoms with Gasteiger partial charge in [-0.2, -0.15) is 0 Å². The van der Waals surface area contributed by atoms with Crippen molar-refractivity contribution in [1.82, 2.24) is 19.1 Å². The zero-order chi connectivity index (χ0) is 18.4. The van der Waals surface area contributed by atoms with Gasteiger partial charge in [0, 0.05) is 48.2 Å². The minimum Gasteiger partial charge on any atom is -0.357 e. The van der Waals surface area contributed by atoms with E-state index in [0.29, 0.717) is 22.6 Å². The number of hydrogen-bond donors (Lipinski definition) is 1. The maximum atomic E-state index is 13.9. The van der Waals surface area contributed by atoms with Crippen LogP contribution < -0.4 is 5.56 Å². The first-order valence-corrected chi connectivity index (χ1v) is 8.09. The summed E-state index contributed by atoms with van der Waals surface area (Å²) in [7, 11) is 1.68. The van der Waals surface area contributed by atoms with Crippen LogP contribution in [0.2, 0.25) is 0 Å². The standard InChI is InChI=1S/C19H16F2N4O/c1-11-23-17(10-25(11)8-12-3-4-13(20)7-16(12)21)15-9-24(2)19(26)18-14(15)5-6-22-18/h3-7,9-10,22H,8H2,1-2H3. The third-order valence-corrected chi connectivity index (χ3v) is 4.50. The molecule has 132 valence electrons. The van der Waals surface area contributed by atoms with Crippen LogP contribution in [0.3, 0.4) is 0 Å². The molecule has 0 amide bonds. The van der Waals surface area contributed by atoms with Crippen molar-refractivity contribution in [2.24, 2.45) is 7.05 Å². The van der Waals surface area contributed by atoms with Crippen molar-refractivity contribution in [3.05, 3.63) is 76.2 Å². The first-order valence-electron chi connectivity index (χ1n) is 8.09. The first kappa shape index (κ1) is 16.3. The lowest BCUT2D eigenvalue weighted by Gasteiger charge is -2.06. The van der Waals surface area contributed by atoms with Gasteiger partial charge >= 0.3 is 0 Å². The van der Waals surface area contributed by atoms with Crippen molar-refractivity contribution in [3.63, 3.8) is 0 Å². The van der Waals surface area contributed by atoms with E-state index in [-0.39, 0.29) is 12.1 Å². The molecule has 0 bridgehead atoms. The lowest BCUT2D eigenvalue weighted by atomic mass is 10.1. The fraction of sp³-hybridized carbons (Fsp3) is 0.158. The van der Waals surface area contributed by atoms with Crippen molar-refractivity contribution < 1.29 is 8.78 Å². The SMILES string of the molecule is Cc1nc(-c2cn(C)c(=O)c3[nH]ccc23)cn1Cc1ccc(F)cc1F. The van der Waals surface area contributed by atoms with E-state index >= 15 is 0 Å². The molecule has 4 rings (SSSR count). The van der Waals surface area contributed by atoms with E-state index in [4.69, 9.17) is 0 Å². The summed E-state index contributed by atoms with van der Waals surface area (Å²) in [4.78, 5) is 19.7. The van der Waals surface area contributed by atoms with Crippen molar-refractivity contribution in [3.8, 4) is 11.3 Å². The molecule has 4 aromatic rings. The average molecular weight is 354 g/mol. The quantitative estimate of drug-likeness (QED) is 0.613. The molecule has 1 N–H and O–H groups in total. The van der Waals surface area contributed by atoms with Crippen LogP contribution in [0.5, 0.6) is 0 Å². The van der Waals surface area contributed by atoms with Crippen LogP contribution in [0.25, 0.3) is 22.2 Å².